The standard InChI is InChI=1S/C19H21N3O6S/c1-12(13(2)28-29(23,24)25)21-8-9-22(20-21)16-11-18-15(10-19(16)26-3)14-6-4-5-7-17(14)27-18/h4-7,10-13H,8-9H2,1-3H3/p+1. The molecule has 1 N–H and O–H groups in total. The summed E-state index contributed by atoms with van der Waals surface area (Å²) in [5.41, 5.74) is 2.27. The van der Waals surface area contributed by atoms with Gasteiger partial charge in [-0.2, -0.15) is 13.1 Å². The normalized spacial score (nSPS) is 17.0. The average Bonchev–Trinajstić information content (AvgIpc) is 3.29. The van der Waals surface area contributed by atoms with E-state index in [0.717, 1.165) is 27.6 Å². The molecular weight excluding hydrogens is 398 g/mol. The highest BCUT2D eigenvalue weighted by atomic mass is 32.3. The lowest BCUT2D eigenvalue weighted by Gasteiger charge is -2.15. The smallest absolute Gasteiger partial charge is 0.397 e. The largest absolute Gasteiger partial charge is 0.492 e. The van der Waals surface area contributed by atoms with Crippen LogP contribution in [-0.2, 0) is 14.6 Å². The number of benzene rings is 2. The number of hydrogen-bond acceptors (Lipinski definition) is 7. The molecule has 154 valence electrons. The van der Waals surface area contributed by atoms with Gasteiger partial charge in [0, 0.05) is 16.8 Å². The third kappa shape index (κ3) is 3.78. The molecule has 4 rings (SSSR count). The molecule has 0 saturated carbocycles. The fraction of sp³-hybridized carbons (Fsp3) is 0.368. The van der Waals surface area contributed by atoms with Crippen molar-refractivity contribution in [3.05, 3.63) is 36.4 Å². The summed E-state index contributed by atoms with van der Waals surface area (Å²) in [5, 5.41) is 8.32. The highest BCUT2D eigenvalue weighted by Gasteiger charge is 2.34. The summed E-state index contributed by atoms with van der Waals surface area (Å²) < 4.78 is 48.8. The second-order valence-electron chi connectivity index (χ2n) is 6.96. The zero-order chi connectivity index (χ0) is 20.8. The van der Waals surface area contributed by atoms with E-state index in [-0.39, 0.29) is 6.04 Å². The summed E-state index contributed by atoms with van der Waals surface area (Å²) in [6.45, 7) is 4.48. The second kappa shape index (κ2) is 7.29. The molecule has 2 aromatic carbocycles. The molecule has 9 nitrogen and oxygen atoms in total. The molecule has 0 fully saturated rings. The monoisotopic (exact) mass is 420 g/mol. The predicted octanol–water partition coefficient (Wildman–Crippen LogP) is 3.39. The minimum absolute atomic E-state index is 0.372. The lowest BCUT2D eigenvalue weighted by Crippen LogP contribution is -2.35. The van der Waals surface area contributed by atoms with Gasteiger partial charge in [-0.15, -0.1) is 5.01 Å². The van der Waals surface area contributed by atoms with Gasteiger partial charge in [0.2, 0.25) is 0 Å². The molecule has 0 saturated heterocycles. The van der Waals surface area contributed by atoms with Crippen LogP contribution in [0.15, 0.2) is 46.0 Å². The van der Waals surface area contributed by atoms with Crippen LogP contribution in [0.2, 0.25) is 0 Å². The summed E-state index contributed by atoms with van der Waals surface area (Å²) in [7, 11) is -2.92. The Labute approximate surface area is 168 Å². The summed E-state index contributed by atoms with van der Waals surface area (Å²) in [5.74, 6) is 0.657. The van der Waals surface area contributed by atoms with Gasteiger partial charge in [0.25, 0.3) is 0 Å². The first-order valence-electron chi connectivity index (χ1n) is 9.17. The van der Waals surface area contributed by atoms with Crippen LogP contribution in [0, 0.1) is 0 Å². The van der Waals surface area contributed by atoms with E-state index in [1.54, 1.807) is 30.7 Å². The van der Waals surface area contributed by atoms with E-state index >= 15 is 0 Å². The van der Waals surface area contributed by atoms with Crippen molar-refractivity contribution in [1.29, 1.82) is 0 Å². The Morgan fingerprint density at radius 2 is 1.97 bits per heavy atom. The number of rotatable bonds is 6. The van der Waals surface area contributed by atoms with Crippen LogP contribution in [0.3, 0.4) is 0 Å². The highest BCUT2D eigenvalue weighted by molar-refractivity contribution is 7.80. The summed E-state index contributed by atoms with van der Waals surface area (Å²) >= 11 is 0. The average molecular weight is 420 g/mol. The number of ether oxygens (including phenoxy) is 1. The van der Waals surface area contributed by atoms with Crippen molar-refractivity contribution >= 4 is 38.0 Å². The molecule has 3 aromatic rings. The summed E-state index contributed by atoms with van der Waals surface area (Å²) in [4.78, 5) is 0. The van der Waals surface area contributed by atoms with Crippen molar-refractivity contribution in [2.45, 2.75) is 26.0 Å². The maximum absolute atomic E-state index is 11.0. The van der Waals surface area contributed by atoms with Crippen LogP contribution < -0.4 is 9.75 Å². The summed E-state index contributed by atoms with van der Waals surface area (Å²) in [6.07, 6.45) is -0.770. The molecule has 10 heteroatoms. The highest BCUT2D eigenvalue weighted by Crippen LogP contribution is 2.38. The molecule has 0 bridgehead atoms. The Morgan fingerprint density at radius 1 is 1.21 bits per heavy atom. The molecular formula is C19H22N3O6S+. The van der Waals surface area contributed by atoms with Gasteiger partial charge in [0.05, 0.1) is 12.3 Å². The van der Waals surface area contributed by atoms with Crippen molar-refractivity contribution in [3.8, 4) is 5.75 Å². The van der Waals surface area contributed by atoms with E-state index < -0.39 is 16.5 Å². The third-order valence-corrected chi connectivity index (χ3v) is 5.69. The van der Waals surface area contributed by atoms with Crippen LogP contribution in [0.4, 0.5) is 5.69 Å². The van der Waals surface area contributed by atoms with E-state index in [4.69, 9.17) is 13.7 Å². The zero-order valence-electron chi connectivity index (χ0n) is 16.3. The quantitative estimate of drug-likeness (QED) is 0.481. The first kappa shape index (κ1) is 19.6. The van der Waals surface area contributed by atoms with Gasteiger partial charge in [0.15, 0.2) is 18.0 Å². The second-order valence-corrected chi connectivity index (χ2v) is 8.01. The van der Waals surface area contributed by atoms with Gasteiger partial charge in [0.1, 0.15) is 29.9 Å². The van der Waals surface area contributed by atoms with Crippen molar-refractivity contribution in [2.75, 3.05) is 25.2 Å². The lowest BCUT2D eigenvalue weighted by molar-refractivity contribution is -0.618. The fourth-order valence-electron chi connectivity index (χ4n) is 3.50. The molecule has 1 aromatic heterocycles. The van der Waals surface area contributed by atoms with Gasteiger partial charge in [-0.3, -0.25) is 4.55 Å². The van der Waals surface area contributed by atoms with Crippen LogP contribution >= 0.6 is 0 Å². The van der Waals surface area contributed by atoms with E-state index in [9.17, 15) is 8.42 Å². The predicted molar refractivity (Wildman–Crippen MR) is 107 cm³/mol. The van der Waals surface area contributed by atoms with Crippen molar-refractivity contribution in [3.63, 3.8) is 0 Å². The molecule has 1 aliphatic rings. The Bertz CT molecular complexity index is 1200. The topological polar surface area (TPSA) is 105 Å². The molecule has 0 radical (unpaired) electrons. The van der Waals surface area contributed by atoms with Crippen molar-refractivity contribution in [1.82, 2.24) is 0 Å². The van der Waals surface area contributed by atoms with Gasteiger partial charge in [-0.1, -0.05) is 18.2 Å². The molecule has 1 aliphatic heterocycles. The zero-order valence-corrected chi connectivity index (χ0v) is 17.1. The number of nitrogens with zero attached hydrogens (tertiary/aromatic N) is 3. The Balaban J connectivity index is 1.68. The molecule has 0 spiro atoms. The first-order chi connectivity index (χ1) is 13.8. The Morgan fingerprint density at radius 3 is 2.69 bits per heavy atom. The molecule has 2 heterocycles. The number of anilines is 1. The van der Waals surface area contributed by atoms with Crippen molar-refractivity contribution in [2.24, 2.45) is 5.22 Å². The van der Waals surface area contributed by atoms with Crippen LogP contribution in [-0.4, -0.2) is 50.0 Å². The van der Waals surface area contributed by atoms with Gasteiger partial charge < -0.3 is 9.15 Å². The number of hydrogen-bond donors (Lipinski definition) is 1. The molecule has 0 amide bonds. The van der Waals surface area contributed by atoms with E-state index in [1.165, 1.54) is 0 Å². The fourth-order valence-corrected chi connectivity index (χ4v) is 4.04. The maximum atomic E-state index is 11.0. The minimum Gasteiger partial charge on any atom is -0.492 e. The minimum atomic E-state index is -4.53. The van der Waals surface area contributed by atoms with Gasteiger partial charge in [-0.05, 0) is 26.0 Å². The molecule has 29 heavy (non-hydrogen) atoms. The molecule has 2 atom stereocenters. The van der Waals surface area contributed by atoms with Crippen molar-refractivity contribution < 1.29 is 31.0 Å². The van der Waals surface area contributed by atoms with Crippen LogP contribution in [0.1, 0.15) is 13.8 Å². The number of methoxy groups -OCH3 is 1. The van der Waals surface area contributed by atoms with Gasteiger partial charge in [-0.25, -0.2) is 4.18 Å². The van der Waals surface area contributed by atoms with Crippen LogP contribution in [0.5, 0.6) is 5.75 Å². The summed E-state index contributed by atoms with van der Waals surface area (Å²) in [6, 6.07) is 11.3. The third-order valence-electron chi connectivity index (χ3n) is 5.14. The number of fused-ring (bicyclic) bond motifs is 3. The maximum Gasteiger partial charge on any atom is 0.397 e. The van der Waals surface area contributed by atoms with Gasteiger partial charge >= 0.3 is 10.4 Å². The van der Waals surface area contributed by atoms with Crippen LogP contribution in [0.25, 0.3) is 21.9 Å². The number of para-hydroxylation sites is 1. The Hall–Kier alpha value is -2.69. The van der Waals surface area contributed by atoms with E-state index in [0.29, 0.717) is 18.8 Å². The first-order valence-corrected chi connectivity index (χ1v) is 10.5. The molecule has 2 unspecified atom stereocenters. The van der Waals surface area contributed by atoms with E-state index in [1.807, 2.05) is 36.4 Å². The Kier molecular flexibility index (Phi) is 4.93. The van der Waals surface area contributed by atoms with E-state index in [2.05, 4.69) is 9.41 Å². The lowest BCUT2D eigenvalue weighted by atomic mass is 10.1. The SMILES string of the molecule is COc1cc2c(cc1N1CC[N+](C(C)C(C)OS(=O)(=O)O)=N1)oc1ccccc12. The number of furan rings is 1. The molecule has 0 aliphatic carbocycles.